The molecule has 19 heavy (non-hydrogen) atoms. The molecule has 2 N–H and O–H groups in total. The summed E-state index contributed by atoms with van der Waals surface area (Å²) >= 11 is 0. The second-order valence-electron chi connectivity index (χ2n) is 3.98. The predicted molar refractivity (Wildman–Crippen MR) is 67.7 cm³/mol. The van der Waals surface area contributed by atoms with Gasteiger partial charge < -0.3 is 4.74 Å². The molecule has 0 heterocycles. The molecule has 0 aromatic heterocycles. The monoisotopic (exact) mass is 268 g/mol. The molecule has 1 rings (SSSR count). The van der Waals surface area contributed by atoms with E-state index in [2.05, 4.69) is 10.9 Å². The molecule has 0 fully saturated rings. The fourth-order valence-corrected chi connectivity index (χ4v) is 1.31. The number of carbonyl (C=O) groups excluding carboxylic acids is 2. The maximum absolute atomic E-state index is 13.3. The number of nitrogens with one attached hydrogen (secondary N) is 2. The quantitative estimate of drug-likeness (QED) is 0.796. The molecular formula is C13H17FN2O3. The zero-order valence-electron chi connectivity index (χ0n) is 10.9. The molecule has 0 aliphatic carbocycles. The van der Waals surface area contributed by atoms with Gasteiger partial charge in [0.15, 0.2) is 17.7 Å². The largest absolute Gasteiger partial charge is 0.478 e. The molecule has 0 radical (unpaired) electrons. The molecular weight excluding hydrogens is 251 g/mol. The van der Waals surface area contributed by atoms with E-state index < -0.39 is 17.8 Å². The van der Waals surface area contributed by atoms with Crippen LogP contribution in [0.1, 0.15) is 26.7 Å². The highest BCUT2D eigenvalue weighted by atomic mass is 19.1. The molecule has 1 aromatic rings. The highest BCUT2D eigenvalue weighted by Crippen LogP contribution is 2.16. The molecule has 1 unspecified atom stereocenters. The van der Waals surface area contributed by atoms with Gasteiger partial charge in [-0.1, -0.05) is 19.1 Å². The molecule has 6 heteroatoms. The summed E-state index contributed by atoms with van der Waals surface area (Å²) in [5.74, 6) is -1.39. The van der Waals surface area contributed by atoms with E-state index >= 15 is 0 Å². The average molecular weight is 268 g/mol. The van der Waals surface area contributed by atoms with E-state index in [9.17, 15) is 14.0 Å². The SMILES string of the molecule is CCCC(=O)NNC(=O)C(C)Oc1ccccc1F. The number of hydrogen-bond acceptors (Lipinski definition) is 3. The van der Waals surface area contributed by atoms with Crippen LogP contribution in [0.5, 0.6) is 5.75 Å². The van der Waals surface area contributed by atoms with Gasteiger partial charge in [-0.05, 0) is 25.5 Å². The summed E-state index contributed by atoms with van der Waals surface area (Å²) < 4.78 is 18.5. The van der Waals surface area contributed by atoms with Gasteiger partial charge in [-0.15, -0.1) is 0 Å². The number of hydrazine groups is 1. The van der Waals surface area contributed by atoms with Gasteiger partial charge in [0.05, 0.1) is 0 Å². The summed E-state index contributed by atoms with van der Waals surface area (Å²) in [6, 6.07) is 5.79. The van der Waals surface area contributed by atoms with Crippen molar-refractivity contribution in [1.29, 1.82) is 0 Å². The van der Waals surface area contributed by atoms with Crippen molar-refractivity contribution >= 4 is 11.8 Å². The van der Waals surface area contributed by atoms with Crippen molar-refractivity contribution < 1.29 is 18.7 Å². The van der Waals surface area contributed by atoms with Crippen molar-refractivity contribution in [3.8, 4) is 5.75 Å². The van der Waals surface area contributed by atoms with Crippen LogP contribution in [0, 0.1) is 5.82 Å². The maximum atomic E-state index is 13.3. The van der Waals surface area contributed by atoms with Crippen molar-refractivity contribution in [2.75, 3.05) is 0 Å². The van der Waals surface area contributed by atoms with Crippen LogP contribution in [0.2, 0.25) is 0 Å². The first kappa shape index (κ1) is 14.9. The number of para-hydroxylation sites is 1. The Hall–Kier alpha value is -2.11. The lowest BCUT2D eigenvalue weighted by Crippen LogP contribution is -2.47. The molecule has 0 spiro atoms. The van der Waals surface area contributed by atoms with Crippen LogP contribution in [0.15, 0.2) is 24.3 Å². The minimum Gasteiger partial charge on any atom is -0.478 e. The number of halogens is 1. The van der Waals surface area contributed by atoms with Gasteiger partial charge in [0.2, 0.25) is 5.91 Å². The minimum atomic E-state index is -0.918. The smallest absolute Gasteiger partial charge is 0.279 e. The number of amides is 2. The second kappa shape index (κ2) is 7.35. The Morgan fingerprint density at radius 2 is 2.00 bits per heavy atom. The summed E-state index contributed by atoms with van der Waals surface area (Å²) in [6.07, 6.45) is 0.0880. The van der Waals surface area contributed by atoms with Crippen LogP contribution in [0.25, 0.3) is 0 Å². The molecule has 104 valence electrons. The van der Waals surface area contributed by atoms with Gasteiger partial charge >= 0.3 is 0 Å². The Morgan fingerprint density at radius 3 is 2.63 bits per heavy atom. The Bertz CT molecular complexity index is 451. The molecule has 5 nitrogen and oxygen atoms in total. The van der Waals surface area contributed by atoms with Crippen molar-refractivity contribution in [2.45, 2.75) is 32.8 Å². The average Bonchev–Trinajstić information content (AvgIpc) is 2.39. The number of ether oxygens (including phenoxy) is 1. The number of benzene rings is 1. The van der Waals surface area contributed by atoms with Crippen LogP contribution in [0.4, 0.5) is 4.39 Å². The zero-order chi connectivity index (χ0) is 14.3. The number of carbonyl (C=O) groups is 2. The molecule has 1 atom stereocenters. The summed E-state index contributed by atoms with van der Waals surface area (Å²) in [5, 5.41) is 0. The first-order chi connectivity index (χ1) is 9.04. The topological polar surface area (TPSA) is 67.4 Å². The van der Waals surface area contributed by atoms with Gasteiger partial charge in [-0.2, -0.15) is 0 Å². The number of hydrogen-bond donors (Lipinski definition) is 2. The Morgan fingerprint density at radius 1 is 1.32 bits per heavy atom. The lowest BCUT2D eigenvalue weighted by atomic mass is 10.3. The van der Waals surface area contributed by atoms with Crippen LogP contribution in [0.3, 0.4) is 0 Å². The van der Waals surface area contributed by atoms with Crippen LogP contribution in [-0.2, 0) is 9.59 Å². The molecule has 0 saturated heterocycles. The fraction of sp³-hybridized carbons (Fsp3) is 0.385. The van der Waals surface area contributed by atoms with Gasteiger partial charge in [-0.3, -0.25) is 20.4 Å². The first-order valence-corrected chi connectivity index (χ1v) is 6.04. The van der Waals surface area contributed by atoms with E-state index in [1.165, 1.54) is 25.1 Å². The van der Waals surface area contributed by atoms with Gasteiger partial charge in [-0.25, -0.2) is 4.39 Å². The molecule has 0 saturated carbocycles. The Labute approximate surface area is 111 Å². The summed E-state index contributed by atoms with van der Waals surface area (Å²) in [4.78, 5) is 22.7. The van der Waals surface area contributed by atoms with Crippen LogP contribution < -0.4 is 15.6 Å². The Balaban J connectivity index is 2.45. The standard InChI is InChI=1S/C13H17FN2O3/c1-3-6-12(17)15-16-13(18)9(2)19-11-8-5-4-7-10(11)14/h4-5,7-9H,3,6H2,1-2H3,(H,15,17)(H,16,18). The fourth-order valence-electron chi connectivity index (χ4n) is 1.31. The first-order valence-electron chi connectivity index (χ1n) is 6.04. The molecule has 1 aromatic carbocycles. The molecule has 0 aliphatic rings. The van der Waals surface area contributed by atoms with E-state index in [-0.39, 0.29) is 11.7 Å². The highest BCUT2D eigenvalue weighted by Gasteiger charge is 2.16. The van der Waals surface area contributed by atoms with Crippen LogP contribution >= 0.6 is 0 Å². The summed E-state index contributed by atoms with van der Waals surface area (Å²) in [6.45, 7) is 3.32. The highest BCUT2D eigenvalue weighted by molar-refractivity contribution is 5.84. The zero-order valence-corrected chi connectivity index (χ0v) is 10.9. The van der Waals surface area contributed by atoms with Crippen molar-refractivity contribution in [1.82, 2.24) is 10.9 Å². The van der Waals surface area contributed by atoms with E-state index in [1.54, 1.807) is 6.07 Å². The summed E-state index contributed by atoms with van der Waals surface area (Å²) in [7, 11) is 0. The van der Waals surface area contributed by atoms with E-state index in [1.807, 2.05) is 6.92 Å². The van der Waals surface area contributed by atoms with Crippen molar-refractivity contribution in [3.05, 3.63) is 30.1 Å². The van der Waals surface area contributed by atoms with E-state index in [0.717, 1.165) is 0 Å². The predicted octanol–water partition coefficient (Wildman–Crippen LogP) is 1.54. The van der Waals surface area contributed by atoms with Gasteiger partial charge in [0, 0.05) is 6.42 Å². The van der Waals surface area contributed by atoms with E-state index in [4.69, 9.17) is 4.74 Å². The second-order valence-corrected chi connectivity index (χ2v) is 3.98. The third-order valence-corrected chi connectivity index (χ3v) is 2.31. The van der Waals surface area contributed by atoms with E-state index in [0.29, 0.717) is 12.8 Å². The normalized spacial score (nSPS) is 11.5. The minimum absolute atomic E-state index is 0.00923. The molecule has 2 amide bonds. The summed E-state index contributed by atoms with van der Waals surface area (Å²) in [5.41, 5.74) is 4.47. The van der Waals surface area contributed by atoms with Crippen molar-refractivity contribution in [3.63, 3.8) is 0 Å². The third kappa shape index (κ3) is 4.95. The Kier molecular flexibility index (Phi) is 5.78. The lowest BCUT2D eigenvalue weighted by molar-refractivity contribution is -0.132. The number of rotatable bonds is 5. The van der Waals surface area contributed by atoms with Gasteiger partial charge in [0.25, 0.3) is 5.91 Å². The van der Waals surface area contributed by atoms with Gasteiger partial charge in [0.1, 0.15) is 0 Å². The van der Waals surface area contributed by atoms with Crippen molar-refractivity contribution in [2.24, 2.45) is 0 Å². The molecule has 0 bridgehead atoms. The third-order valence-electron chi connectivity index (χ3n) is 2.31. The lowest BCUT2D eigenvalue weighted by Gasteiger charge is -2.15. The maximum Gasteiger partial charge on any atom is 0.279 e. The van der Waals surface area contributed by atoms with Crippen LogP contribution in [-0.4, -0.2) is 17.9 Å². The molecule has 0 aliphatic heterocycles.